The molecule has 1 aromatic heterocycles. The number of nitrogens with zero attached hydrogens (tertiary/aromatic N) is 4. The Morgan fingerprint density at radius 3 is 2.67 bits per heavy atom. The Hall–Kier alpha value is -2.83. The smallest absolute Gasteiger partial charge is 0.257 e. The van der Waals surface area contributed by atoms with Crippen LogP contribution in [0, 0.1) is 6.92 Å². The highest BCUT2D eigenvalue weighted by Gasteiger charge is 2.33. The number of anilines is 1. The molecule has 0 unspecified atom stereocenters. The van der Waals surface area contributed by atoms with E-state index in [1.807, 2.05) is 49.0 Å². The van der Waals surface area contributed by atoms with E-state index in [9.17, 15) is 4.79 Å². The summed E-state index contributed by atoms with van der Waals surface area (Å²) >= 11 is 0. The number of benzene rings is 1. The van der Waals surface area contributed by atoms with Gasteiger partial charge in [-0.05, 0) is 38.0 Å². The van der Waals surface area contributed by atoms with Crippen molar-refractivity contribution in [2.45, 2.75) is 25.8 Å². The van der Waals surface area contributed by atoms with Gasteiger partial charge in [0.1, 0.15) is 11.5 Å². The highest BCUT2D eigenvalue weighted by Crippen LogP contribution is 2.39. The number of carbonyl (C=O) groups is 1. The minimum absolute atomic E-state index is 0.0508. The molecule has 1 aromatic carbocycles. The molecule has 0 saturated carbocycles. The maximum atomic E-state index is 13.2. The van der Waals surface area contributed by atoms with Crippen molar-refractivity contribution in [1.82, 2.24) is 14.9 Å². The zero-order chi connectivity index (χ0) is 19.6. The van der Waals surface area contributed by atoms with Crippen molar-refractivity contribution in [3.8, 4) is 11.5 Å². The van der Waals surface area contributed by atoms with Crippen LogP contribution in [-0.2, 0) is 0 Å². The molecule has 0 aliphatic carbocycles. The molecular weight excluding hydrogens is 344 g/mol. The van der Waals surface area contributed by atoms with Crippen LogP contribution in [0.1, 0.15) is 40.5 Å². The summed E-state index contributed by atoms with van der Waals surface area (Å²) in [6.45, 7) is 2.54. The summed E-state index contributed by atoms with van der Waals surface area (Å²) in [5.41, 5.74) is 2.18. The Labute approximate surface area is 159 Å². The number of aryl methyl sites for hydroxylation is 1. The molecular formula is C20H26N4O3. The predicted octanol–water partition coefficient (Wildman–Crippen LogP) is 2.85. The van der Waals surface area contributed by atoms with Crippen LogP contribution in [0.25, 0.3) is 0 Å². The zero-order valence-electron chi connectivity index (χ0n) is 16.5. The van der Waals surface area contributed by atoms with E-state index in [2.05, 4.69) is 9.97 Å². The summed E-state index contributed by atoms with van der Waals surface area (Å²) < 4.78 is 10.9. The first-order chi connectivity index (χ1) is 13.0. The Morgan fingerprint density at radius 1 is 1.26 bits per heavy atom. The third kappa shape index (κ3) is 3.67. The van der Waals surface area contributed by atoms with Gasteiger partial charge in [0.05, 0.1) is 31.5 Å². The third-order valence-electron chi connectivity index (χ3n) is 4.91. The Kier molecular flexibility index (Phi) is 5.48. The molecule has 7 nitrogen and oxygen atoms in total. The van der Waals surface area contributed by atoms with Gasteiger partial charge in [0.2, 0.25) is 5.95 Å². The second kappa shape index (κ2) is 7.82. The lowest BCUT2D eigenvalue weighted by Gasteiger charge is -2.27. The number of carbonyl (C=O) groups excluding carboxylic acids is 1. The van der Waals surface area contributed by atoms with Crippen molar-refractivity contribution < 1.29 is 14.3 Å². The maximum absolute atomic E-state index is 13.2. The largest absolute Gasteiger partial charge is 0.497 e. The normalized spacial score (nSPS) is 16.3. The Bertz CT molecular complexity index is 838. The van der Waals surface area contributed by atoms with Gasteiger partial charge in [0.15, 0.2) is 0 Å². The average molecular weight is 370 g/mol. The molecule has 1 saturated heterocycles. The minimum atomic E-state index is -0.0597. The fourth-order valence-corrected chi connectivity index (χ4v) is 3.47. The lowest BCUT2D eigenvalue weighted by molar-refractivity contribution is 0.0732. The second-order valence-electron chi connectivity index (χ2n) is 6.83. The van der Waals surface area contributed by atoms with Crippen LogP contribution < -0.4 is 14.4 Å². The number of aromatic nitrogens is 2. The fourth-order valence-electron chi connectivity index (χ4n) is 3.47. The highest BCUT2D eigenvalue weighted by atomic mass is 16.5. The summed E-state index contributed by atoms with van der Waals surface area (Å²) in [6, 6.07) is 5.64. The molecule has 1 aliphatic rings. The van der Waals surface area contributed by atoms with E-state index in [4.69, 9.17) is 9.47 Å². The van der Waals surface area contributed by atoms with Gasteiger partial charge < -0.3 is 19.3 Å². The highest BCUT2D eigenvalue weighted by molar-refractivity contribution is 5.95. The van der Waals surface area contributed by atoms with E-state index in [0.717, 1.165) is 29.9 Å². The van der Waals surface area contributed by atoms with Gasteiger partial charge in [-0.3, -0.25) is 4.79 Å². The zero-order valence-corrected chi connectivity index (χ0v) is 16.5. The SMILES string of the molecule is COc1ccc(OC)c([C@@H]2CCCN2C(=O)c2cnc(N(C)C)nc2C)c1. The lowest BCUT2D eigenvalue weighted by Crippen LogP contribution is -2.31. The number of ether oxygens (including phenoxy) is 2. The van der Waals surface area contributed by atoms with Gasteiger partial charge >= 0.3 is 0 Å². The van der Waals surface area contributed by atoms with Gasteiger partial charge in [-0.1, -0.05) is 0 Å². The molecule has 0 radical (unpaired) electrons. The molecule has 0 bridgehead atoms. The van der Waals surface area contributed by atoms with Crippen LogP contribution in [0.4, 0.5) is 5.95 Å². The molecule has 1 amide bonds. The van der Waals surface area contributed by atoms with Gasteiger partial charge in [-0.2, -0.15) is 0 Å². The van der Waals surface area contributed by atoms with Crippen molar-refractivity contribution in [2.75, 3.05) is 39.8 Å². The number of likely N-dealkylation sites (tertiary alicyclic amines) is 1. The molecule has 3 rings (SSSR count). The predicted molar refractivity (Wildman–Crippen MR) is 104 cm³/mol. The van der Waals surface area contributed by atoms with E-state index in [1.165, 1.54) is 0 Å². The molecule has 1 aliphatic heterocycles. The molecule has 1 fully saturated rings. The van der Waals surface area contributed by atoms with Crippen molar-refractivity contribution in [3.05, 3.63) is 41.2 Å². The van der Waals surface area contributed by atoms with E-state index in [1.54, 1.807) is 20.4 Å². The van der Waals surface area contributed by atoms with Crippen LogP contribution >= 0.6 is 0 Å². The van der Waals surface area contributed by atoms with Crippen molar-refractivity contribution in [1.29, 1.82) is 0 Å². The summed E-state index contributed by atoms with van der Waals surface area (Å²) in [5, 5.41) is 0. The number of methoxy groups -OCH3 is 2. The molecule has 27 heavy (non-hydrogen) atoms. The molecule has 2 heterocycles. The van der Waals surface area contributed by atoms with Gasteiger partial charge in [0, 0.05) is 32.4 Å². The van der Waals surface area contributed by atoms with E-state index < -0.39 is 0 Å². The number of rotatable bonds is 5. The second-order valence-corrected chi connectivity index (χ2v) is 6.83. The van der Waals surface area contributed by atoms with E-state index in [-0.39, 0.29) is 11.9 Å². The summed E-state index contributed by atoms with van der Waals surface area (Å²) in [5.74, 6) is 2.05. The van der Waals surface area contributed by atoms with E-state index >= 15 is 0 Å². The molecule has 144 valence electrons. The first kappa shape index (κ1) is 18.9. The standard InChI is InChI=1S/C20H26N4O3/c1-13-16(12-21-20(22-13)23(2)3)19(25)24-10-6-7-17(24)15-11-14(26-4)8-9-18(15)27-5/h8-9,11-12,17H,6-7,10H2,1-5H3/t17-/m0/s1. The van der Waals surface area contributed by atoms with Crippen molar-refractivity contribution in [2.24, 2.45) is 0 Å². The van der Waals surface area contributed by atoms with Crippen molar-refractivity contribution >= 4 is 11.9 Å². The number of amides is 1. The summed E-state index contributed by atoms with van der Waals surface area (Å²) in [6.07, 6.45) is 3.44. The molecule has 0 spiro atoms. The first-order valence-electron chi connectivity index (χ1n) is 9.00. The lowest BCUT2D eigenvalue weighted by atomic mass is 10.0. The minimum Gasteiger partial charge on any atom is -0.497 e. The summed E-state index contributed by atoms with van der Waals surface area (Å²) in [7, 11) is 7.03. The van der Waals surface area contributed by atoms with Crippen LogP contribution in [0.15, 0.2) is 24.4 Å². The first-order valence-corrected chi connectivity index (χ1v) is 9.00. The molecule has 7 heteroatoms. The molecule has 2 aromatic rings. The van der Waals surface area contributed by atoms with Gasteiger partial charge in [-0.15, -0.1) is 0 Å². The van der Waals surface area contributed by atoms with Gasteiger partial charge in [-0.25, -0.2) is 9.97 Å². The number of hydrogen-bond acceptors (Lipinski definition) is 6. The summed E-state index contributed by atoms with van der Waals surface area (Å²) in [4.78, 5) is 25.7. The maximum Gasteiger partial charge on any atom is 0.257 e. The van der Waals surface area contributed by atoms with Crippen LogP contribution in [0.5, 0.6) is 11.5 Å². The molecule has 0 N–H and O–H groups in total. The quantitative estimate of drug-likeness (QED) is 0.806. The van der Waals surface area contributed by atoms with E-state index in [0.29, 0.717) is 23.8 Å². The van der Waals surface area contributed by atoms with Crippen molar-refractivity contribution in [3.63, 3.8) is 0 Å². The average Bonchev–Trinajstić information content (AvgIpc) is 3.16. The fraction of sp³-hybridized carbons (Fsp3) is 0.450. The van der Waals surface area contributed by atoms with Crippen LogP contribution in [-0.4, -0.2) is 55.6 Å². The molecule has 1 atom stereocenters. The number of hydrogen-bond donors (Lipinski definition) is 0. The monoisotopic (exact) mass is 370 g/mol. The van der Waals surface area contributed by atoms with Crippen LogP contribution in [0.2, 0.25) is 0 Å². The Morgan fingerprint density at radius 2 is 2.04 bits per heavy atom. The van der Waals surface area contributed by atoms with Gasteiger partial charge in [0.25, 0.3) is 5.91 Å². The Balaban J connectivity index is 1.94. The topological polar surface area (TPSA) is 67.8 Å². The third-order valence-corrected chi connectivity index (χ3v) is 4.91. The van der Waals surface area contributed by atoms with Crippen LogP contribution in [0.3, 0.4) is 0 Å².